The van der Waals surface area contributed by atoms with E-state index in [1.807, 2.05) is 32.1 Å². The van der Waals surface area contributed by atoms with Gasteiger partial charge in [0.1, 0.15) is 11.6 Å². The minimum atomic E-state index is 0.766. The molecule has 1 saturated heterocycles. The van der Waals surface area contributed by atoms with Crippen LogP contribution in [0.2, 0.25) is 0 Å². The van der Waals surface area contributed by atoms with Crippen LogP contribution in [0.5, 0.6) is 0 Å². The average molecular weight is 354 g/mol. The number of piperazine rings is 1. The Morgan fingerprint density at radius 3 is 2.56 bits per heavy atom. The molecule has 0 atom stereocenters. The molecular formula is C18H22N6S. The molecule has 7 heteroatoms. The van der Waals surface area contributed by atoms with Crippen LogP contribution in [-0.4, -0.2) is 55.2 Å². The van der Waals surface area contributed by atoms with Crippen LogP contribution in [0.1, 0.15) is 5.69 Å². The summed E-state index contributed by atoms with van der Waals surface area (Å²) in [6.45, 7) is 5.79. The van der Waals surface area contributed by atoms with Crippen LogP contribution in [-0.2, 0) is 0 Å². The van der Waals surface area contributed by atoms with Crippen LogP contribution in [0.4, 0.5) is 17.6 Å². The van der Waals surface area contributed by atoms with Gasteiger partial charge in [0.05, 0.1) is 0 Å². The molecule has 0 spiro atoms. The summed E-state index contributed by atoms with van der Waals surface area (Å²) in [6.07, 6.45) is 1.91. The molecule has 3 aromatic heterocycles. The van der Waals surface area contributed by atoms with Crippen molar-refractivity contribution >= 4 is 39.0 Å². The molecule has 6 nitrogen and oxygen atoms in total. The van der Waals surface area contributed by atoms with Crippen LogP contribution in [0, 0.1) is 6.92 Å². The Balaban J connectivity index is 1.53. The van der Waals surface area contributed by atoms with Gasteiger partial charge in [-0.05, 0) is 24.4 Å². The Labute approximate surface area is 151 Å². The highest BCUT2D eigenvalue weighted by Gasteiger charge is 2.21. The second-order valence-corrected chi connectivity index (χ2v) is 7.45. The quantitative estimate of drug-likeness (QED) is 0.721. The molecule has 0 aromatic carbocycles. The molecule has 0 bridgehead atoms. The third kappa shape index (κ3) is 3.11. The first-order chi connectivity index (χ1) is 12.1. The lowest BCUT2D eigenvalue weighted by Crippen LogP contribution is -2.47. The van der Waals surface area contributed by atoms with Crippen molar-refractivity contribution in [2.24, 2.45) is 0 Å². The summed E-state index contributed by atoms with van der Waals surface area (Å²) in [5, 5.41) is 3.40. The van der Waals surface area contributed by atoms with E-state index < -0.39 is 0 Å². The number of pyridine rings is 1. The standard InChI is InChI=1S/C18H22N6S/c1-13-12-16(21-18(20-13)22(2)3)23-7-9-24(10-8-23)17-14-5-11-25-15(14)4-6-19-17/h4-6,11-12H,7-10H2,1-3H3. The summed E-state index contributed by atoms with van der Waals surface area (Å²) in [5.74, 6) is 2.88. The highest BCUT2D eigenvalue weighted by Crippen LogP contribution is 2.29. The summed E-state index contributed by atoms with van der Waals surface area (Å²) in [5.41, 5.74) is 1.00. The highest BCUT2D eigenvalue weighted by molar-refractivity contribution is 7.17. The Morgan fingerprint density at radius 2 is 1.80 bits per heavy atom. The van der Waals surface area contributed by atoms with Crippen molar-refractivity contribution in [3.63, 3.8) is 0 Å². The van der Waals surface area contributed by atoms with Gasteiger partial charge in [-0.25, -0.2) is 9.97 Å². The van der Waals surface area contributed by atoms with E-state index >= 15 is 0 Å². The predicted octanol–water partition coefficient (Wildman–Crippen LogP) is 2.79. The smallest absolute Gasteiger partial charge is 0.226 e. The number of hydrogen-bond acceptors (Lipinski definition) is 7. The molecule has 1 aliphatic heterocycles. The SMILES string of the molecule is Cc1cc(N2CCN(c3nccc4sccc34)CC2)nc(N(C)C)n1. The first-order valence-corrected chi connectivity index (χ1v) is 9.35. The minimum Gasteiger partial charge on any atom is -0.353 e. The normalized spacial score (nSPS) is 15.0. The third-order valence-corrected chi connectivity index (χ3v) is 5.37. The molecule has 0 aliphatic carbocycles. The molecule has 0 radical (unpaired) electrons. The van der Waals surface area contributed by atoms with Crippen LogP contribution in [0.3, 0.4) is 0 Å². The van der Waals surface area contributed by atoms with E-state index in [0.29, 0.717) is 0 Å². The van der Waals surface area contributed by atoms with Gasteiger partial charge >= 0.3 is 0 Å². The fourth-order valence-electron chi connectivity index (χ4n) is 3.18. The molecule has 1 fully saturated rings. The Kier molecular flexibility index (Phi) is 4.17. The minimum absolute atomic E-state index is 0.766. The number of nitrogens with zero attached hydrogens (tertiary/aromatic N) is 6. The fraction of sp³-hybridized carbons (Fsp3) is 0.389. The summed E-state index contributed by atoms with van der Waals surface area (Å²) >= 11 is 1.77. The molecule has 1 aliphatic rings. The predicted molar refractivity (Wildman–Crippen MR) is 105 cm³/mol. The fourth-order valence-corrected chi connectivity index (χ4v) is 3.95. The number of aromatic nitrogens is 3. The average Bonchev–Trinajstić information content (AvgIpc) is 3.10. The Bertz CT molecular complexity index is 882. The number of rotatable bonds is 3. The molecule has 25 heavy (non-hydrogen) atoms. The maximum absolute atomic E-state index is 4.70. The zero-order valence-electron chi connectivity index (χ0n) is 14.8. The molecule has 0 saturated carbocycles. The molecule has 130 valence electrons. The molecule has 4 rings (SSSR count). The molecular weight excluding hydrogens is 332 g/mol. The lowest BCUT2D eigenvalue weighted by molar-refractivity contribution is 0.642. The van der Waals surface area contributed by atoms with Crippen molar-refractivity contribution in [3.05, 3.63) is 35.5 Å². The summed E-state index contributed by atoms with van der Waals surface area (Å²) in [4.78, 5) is 20.5. The number of anilines is 3. The largest absolute Gasteiger partial charge is 0.353 e. The van der Waals surface area contributed by atoms with E-state index in [1.165, 1.54) is 10.1 Å². The van der Waals surface area contributed by atoms with E-state index in [1.54, 1.807) is 11.3 Å². The topological polar surface area (TPSA) is 48.4 Å². The van der Waals surface area contributed by atoms with Crippen LogP contribution >= 0.6 is 11.3 Å². The summed E-state index contributed by atoms with van der Waals surface area (Å²) < 4.78 is 1.30. The first kappa shape index (κ1) is 16.1. The van der Waals surface area contributed by atoms with Crippen LogP contribution in [0.25, 0.3) is 10.1 Å². The zero-order valence-corrected chi connectivity index (χ0v) is 15.6. The Hall–Kier alpha value is -2.41. The van der Waals surface area contributed by atoms with Crippen molar-refractivity contribution in [2.75, 3.05) is 55.0 Å². The molecule has 0 unspecified atom stereocenters. The number of hydrogen-bond donors (Lipinski definition) is 0. The molecule has 0 amide bonds. The number of fused-ring (bicyclic) bond motifs is 1. The van der Waals surface area contributed by atoms with Gasteiger partial charge < -0.3 is 14.7 Å². The van der Waals surface area contributed by atoms with Crippen LogP contribution < -0.4 is 14.7 Å². The van der Waals surface area contributed by atoms with Gasteiger partial charge in [-0.2, -0.15) is 4.98 Å². The van der Waals surface area contributed by atoms with Crippen LogP contribution in [0.15, 0.2) is 29.8 Å². The summed E-state index contributed by atoms with van der Waals surface area (Å²) in [6, 6.07) is 6.33. The van der Waals surface area contributed by atoms with Gasteiger partial charge in [-0.3, -0.25) is 0 Å². The van der Waals surface area contributed by atoms with Crippen molar-refractivity contribution in [2.45, 2.75) is 6.92 Å². The maximum Gasteiger partial charge on any atom is 0.226 e. The number of thiophene rings is 1. The second-order valence-electron chi connectivity index (χ2n) is 6.50. The van der Waals surface area contributed by atoms with Crippen molar-refractivity contribution < 1.29 is 0 Å². The van der Waals surface area contributed by atoms with Gasteiger partial charge in [-0.15, -0.1) is 11.3 Å². The summed E-state index contributed by atoms with van der Waals surface area (Å²) in [7, 11) is 3.95. The highest BCUT2D eigenvalue weighted by atomic mass is 32.1. The molecule has 4 heterocycles. The monoisotopic (exact) mass is 354 g/mol. The van der Waals surface area contributed by atoms with Gasteiger partial charge in [0.15, 0.2) is 0 Å². The van der Waals surface area contributed by atoms with Gasteiger partial charge in [-0.1, -0.05) is 0 Å². The second kappa shape index (κ2) is 6.48. The third-order valence-electron chi connectivity index (χ3n) is 4.49. The van der Waals surface area contributed by atoms with Gasteiger partial charge in [0.2, 0.25) is 5.95 Å². The van der Waals surface area contributed by atoms with E-state index in [4.69, 9.17) is 4.98 Å². The van der Waals surface area contributed by atoms with E-state index in [9.17, 15) is 0 Å². The lowest BCUT2D eigenvalue weighted by Gasteiger charge is -2.36. The van der Waals surface area contributed by atoms with E-state index in [-0.39, 0.29) is 0 Å². The van der Waals surface area contributed by atoms with Gasteiger partial charge in [0, 0.05) is 68.3 Å². The first-order valence-electron chi connectivity index (χ1n) is 8.47. The van der Waals surface area contributed by atoms with E-state index in [0.717, 1.165) is 49.5 Å². The Morgan fingerprint density at radius 1 is 1.04 bits per heavy atom. The van der Waals surface area contributed by atoms with E-state index in [2.05, 4.69) is 43.3 Å². The molecule has 3 aromatic rings. The lowest BCUT2D eigenvalue weighted by atomic mass is 10.2. The zero-order chi connectivity index (χ0) is 17.4. The van der Waals surface area contributed by atoms with Gasteiger partial charge in [0.25, 0.3) is 0 Å². The van der Waals surface area contributed by atoms with Crippen molar-refractivity contribution in [3.8, 4) is 0 Å². The van der Waals surface area contributed by atoms with Crippen molar-refractivity contribution in [1.82, 2.24) is 15.0 Å². The molecule has 0 N–H and O–H groups in total. The maximum atomic E-state index is 4.70. The number of aryl methyl sites for hydroxylation is 1. The van der Waals surface area contributed by atoms with Crippen molar-refractivity contribution in [1.29, 1.82) is 0 Å².